The zero-order valence-electron chi connectivity index (χ0n) is 13.3. The van der Waals surface area contributed by atoms with Gasteiger partial charge in [0.25, 0.3) is 5.91 Å². The van der Waals surface area contributed by atoms with Crippen LogP contribution in [0, 0.1) is 0 Å². The van der Waals surface area contributed by atoms with Crippen LogP contribution in [0.4, 0.5) is 9.23 Å². The van der Waals surface area contributed by atoms with Gasteiger partial charge in [0.05, 0.1) is 28.5 Å². The standard InChI is InChI=1S/C18H12FN3O2S.FH.H2/c19-24-15-8-4-2-6-12(15)18(23)21-10-16-22-14-9-20-13-7-3-1-5-11(13)17(14)25-16;;/h1-9H,10H2,(H,21,23);2*1H. The number of nitrogens with one attached hydrogen (secondary N) is 1. The summed E-state index contributed by atoms with van der Waals surface area (Å²) in [7, 11) is 0. The molecule has 0 aliphatic rings. The quantitative estimate of drug-likeness (QED) is 0.573. The van der Waals surface area contributed by atoms with Crippen LogP contribution >= 0.6 is 11.3 Å². The van der Waals surface area contributed by atoms with Crippen molar-refractivity contribution < 1.29 is 20.4 Å². The van der Waals surface area contributed by atoms with Crippen LogP contribution in [0.5, 0.6) is 5.75 Å². The predicted octanol–water partition coefficient (Wildman–Crippen LogP) is 4.44. The molecule has 0 radical (unpaired) electrons. The number of fused-ring (bicyclic) bond motifs is 3. The van der Waals surface area contributed by atoms with Crippen LogP contribution in [-0.4, -0.2) is 15.9 Å². The number of hydrogen-bond donors (Lipinski definition) is 1. The molecule has 2 heterocycles. The van der Waals surface area contributed by atoms with E-state index in [1.807, 2.05) is 24.3 Å². The second-order valence-electron chi connectivity index (χ2n) is 5.35. The van der Waals surface area contributed by atoms with E-state index in [4.69, 9.17) is 0 Å². The van der Waals surface area contributed by atoms with E-state index in [0.29, 0.717) is 0 Å². The molecule has 26 heavy (non-hydrogen) atoms. The highest BCUT2D eigenvalue weighted by atomic mass is 32.1. The van der Waals surface area contributed by atoms with Gasteiger partial charge in [-0.15, -0.1) is 11.3 Å². The predicted molar refractivity (Wildman–Crippen MR) is 98.9 cm³/mol. The fraction of sp³-hybridized carbons (Fsp3) is 0.0556. The van der Waals surface area contributed by atoms with Crippen LogP contribution in [0.1, 0.15) is 16.8 Å². The Bertz CT molecular complexity index is 1090. The first-order chi connectivity index (χ1) is 12.3. The minimum atomic E-state index is -0.421. The van der Waals surface area contributed by atoms with Gasteiger partial charge in [0.15, 0.2) is 5.75 Å². The van der Waals surface area contributed by atoms with Crippen molar-refractivity contribution in [1.82, 2.24) is 15.3 Å². The normalized spacial score (nSPS) is 10.5. The third-order valence-corrected chi connectivity index (χ3v) is 4.89. The first-order valence-electron chi connectivity index (χ1n) is 7.55. The Hall–Kier alpha value is -3.13. The Morgan fingerprint density at radius 2 is 1.92 bits per heavy atom. The van der Waals surface area contributed by atoms with Gasteiger partial charge in [-0.25, -0.2) is 4.98 Å². The summed E-state index contributed by atoms with van der Waals surface area (Å²) < 4.78 is 13.5. The van der Waals surface area contributed by atoms with Crippen molar-refractivity contribution in [3.63, 3.8) is 0 Å². The number of aromatic nitrogens is 2. The molecule has 0 fully saturated rings. The van der Waals surface area contributed by atoms with Gasteiger partial charge in [-0.2, -0.15) is 0 Å². The number of rotatable bonds is 4. The minimum Gasteiger partial charge on any atom is -0.345 e. The fourth-order valence-electron chi connectivity index (χ4n) is 2.62. The Morgan fingerprint density at radius 1 is 1.15 bits per heavy atom. The van der Waals surface area contributed by atoms with Crippen LogP contribution in [-0.2, 0) is 6.54 Å². The molecule has 0 bridgehead atoms. The Kier molecular flexibility index (Phi) is 5.04. The molecule has 0 aliphatic carbocycles. The molecule has 4 rings (SSSR count). The van der Waals surface area contributed by atoms with Crippen molar-refractivity contribution in [3.05, 3.63) is 65.3 Å². The zero-order valence-corrected chi connectivity index (χ0v) is 14.1. The number of halogens is 2. The van der Waals surface area contributed by atoms with Gasteiger partial charge in [-0.1, -0.05) is 30.3 Å². The van der Waals surface area contributed by atoms with Crippen molar-refractivity contribution in [2.45, 2.75) is 6.54 Å². The van der Waals surface area contributed by atoms with Crippen LogP contribution in [0.2, 0.25) is 0 Å². The number of hydrogen-bond acceptors (Lipinski definition) is 5. The summed E-state index contributed by atoms with van der Waals surface area (Å²) in [5, 5.41) is 4.52. The molecule has 0 spiro atoms. The highest BCUT2D eigenvalue weighted by molar-refractivity contribution is 7.19. The van der Waals surface area contributed by atoms with Gasteiger partial charge in [0.2, 0.25) is 0 Å². The molecule has 0 saturated carbocycles. The summed E-state index contributed by atoms with van der Waals surface area (Å²) in [6.07, 6.45) is 1.73. The molecule has 1 N–H and O–H groups in total. The Balaban J connectivity index is 0.00000131. The molecular weight excluding hydrogens is 360 g/mol. The number of pyridine rings is 1. The number of benzene rings is 2. The Morgan fingerprint density at radius 3 is 2.77 bits per heavy atom. The summed E-state index contributed by atoms with van der Waals surface area (Å²) in [5.41, 5.74) is 1.84. The third kappa shape index (κ3) is 3.18. The van der Waals surface area contributed by atoms with E-state index in [2.05, 4.69) is 20.2 Å². The van der Waals surface area contributed by atoms with Gasteiger partial charge < -0.3 is 5.32 Å². The lowest BCUT2D eigenvalue weighted by Crippen LogP contribution is -2.23. The van der Waals surface area contributed by atoms with Crippen molar-refractivity contribution in [3.8, 4) is 5.75 Å². The van der Waals surface area contributed by atoms with E-state index in [9.17, 15) is 9.32 Å². The van der Waals surface area contributed by atoms with Crippen LogP contribution in [0.3, 0.4) is 0 Å². The lowest BCUT2D eigenvalue weighted by Gasteiger charge is -2.05. The van der Waals surface area contributed by atoms with Crippen molar-refractivity contribution in [2.24, 2.45) is 0 Å². The lowest BCUT2D eigenvalue weighted by atomic mass is 10.2. The van der Waals surface area contributed by atoms with E-state index < -0.39 is 5.91 Å². The molecule has 2 aromatic heterocycles. The lowest BCUT2D eigenvalue weighted by molar-refractivity contribution is -0.00715. The highest BCUT2D eigenvalue weighted by Crippen LogP contribution is 2.28. The third-order valence-electron chi connectivity index (χ3n) is 3.79. The molecule has 0 saturated heterocycles. The molecule has 0 unspecified atom stereocenters. The van der Waals surface area contributed by atoms with Crippen LogP contribution < -0.4 is 10.3 Å². The van der Waals surface area contributed by atoms with Crippen molar-refractivity contribution in [1.29, 1.82) is 0 Å². The molecule has 5 nitrogen and oxygen atoms in total. The minimum absolute atomic E-state index is 0. The van der Waals surface area contributed by atoms with Crippen molar-refractivity contribution in [2.75, 3.05) is 0 Å². The molecule has 2 aromatic carbocycles. The smallest absolute Gasteiger partial charge is 0.255 e. The second kappa shape index (κ2) is 7.40. The molecule has 0 aliphatic heterocycles. The monoisotopic (exact) mass is 375 g/mol. The number of para-hydroxylation sites is 2. The molecule has 134 valence electrons. The number of amides is 1. The molecule has 8 heteroatoms. The summed E-state index contributed by atoms with van der Waals surface area (Å²) in [6.45, 7) is 0.243. The number of carbonyl (C=O) groups is 1. The van der Waals surface area contributed by atoms with E-state index in [1.54, 1.807) is 18.3 Å². The average molecular weight is 375 g/mol. The summed E-state index contributed by atoms with van der Waals surface area (Å²) in [6, 6.07) is 14.0. The van der Waals surface area contributed by atoms with Gasteiger partial charge in [-0.05, 0) is 18.2 Å². The Labute approximate surface area is 152 Å². The first kappa shape index (κ1) is 17.7. The summed E-state index contributed by atoms with van der Waals surface area (Å²) in [4.78, 5) is 24.9. The van der Waals surface area contributed by atoms with E-state index in [1.165, 1.54) is 23.5 Å². The zero-order chi connectivity index (χ0) is 17.2. The summed E-state index contributed by atoms with van der Waals surface area (Å²) in [5.74, 6) is -0.532. The van der Waals surface area contributed by atoms with E-state index in [-0.39, 0.29) is 24.0 Å². The van der Waals surface area contributed by atoms with E-state index >= 15 is 0 Å². The molecule has 4 aromatic rings. The van der Waals surface area contributed by atoms with Gasteiger partial charge in [0.1, 0.15) is 10.5 Å². The van der Waals surface area contributed by atoms with Gasteiger partial charge in [-0.3, -0.25) is 19.4 Å². The fourth-order valence-corrected chi connectivity index (χ4v) is 3.63. The van der Waals surface area contributed by atoms with Crippen LogP contribution in [0.25, 0.3) is 21.1 Å². The summed E-state index contributed by atoms with van der Waals surface area (Å²) >= 11 is 1.50. The topological polar surface area (TPSA) is 64.1 Å². The largest absolute Gasteiger partial charge is 0.345 e. The second-order valence-corrected chi connectivity index (χ2v) is 6.44. The SMILES string of the molecule is F.O=C(NCc1nc2cnc3ccccc3c2s1)c1ccccc1OF.[HH]. The highest BCUT2D eigenvalue weighted by Gasteiger charge is 2.14. The van der Waals surface area contributed by atoms with E-state index in [0.717, 1.165) is 26.1 Å². The number of nitrogens with zero attached hydrogens (tertiary/aromatic N) is 2. The molecular formula is C18H15F2N3O2S. The maximum atomic E-state index is 12.5. The average Bonchev–Trinajstić information content (AvgIpc) is 3.09. The van der Waals surface area contributed by atoms with Gasteiger partial charge in [0, 0.05) is 11.3 Å². The van der Waals surface area contributed by atoms with Crippen LogP contribution in [0.15, 0.2) is 54.7 Å². The molecule has 1 amide bonds. The first-order valence-corrected chi connectivity index (χ1v) is 8.37. The van der Waals surface area contributed by atoms with Crippen molar-refractivity contribution >= 4 is 38.4 Å². The molecule has 0 atom stereocenters. The maximum absolute atomic E-state index is 12.5. The van der Waals surface area contributed by atoms with Gasteiger partial charge >= 0.3 is 0 Å². The number of thiazole rings is 1. The maximum Gasteiger partial charge on any atom is 0.255 e. The number of carbonyl (C=O) groups excluding carboxylic acids is 1.